The number of rotatable bonds is 4. The van der Waals surface area contributed by atoms with Crippen molar-refractivity contribution >= 4 is 34.5 Å². The highest BCUT2D eigenvalue weighted by molar-refractivity contribution is 6.05. The molecule has 6 nitrogen and oxygen atoms in total. The van der Waals surface area contributed by atoms with Crippen molar-refractivity contribution in [3.63, 3.8) is 0 Å². The summed E-state index contributed by atoms with van der Waals surface area (Å²) in [6, 6.07) is 15.1. The standard InChI is InChI=1S/C21H20N4O2/c1-13-6-8-14(9-7-13)22-19(26)12-18-20(27)24(15-10-11-15)21-23-16-4-2-3-5-17(16)25(18)21/h2-9,15,18H,10-12H2,1H3,(H,22,26). The molecule has 1 aliphatic heterocycles. The Labute approximate surface area is 156 Å². The number of carbonyl (C=O) groups excluding carboxylic acids is 2. The predicted octanol–water partition coefficient (Wildman–Crippen LogP) is 3.42. The van der Waals surface area contributed by atoms with Crippen LogP contribution in [0.3, 0.4) is 0 Å². The number of fused-ring (bicyclic) bond motifs is 3. The van der Waals surface area contributed by atoms with Gasteiger partial charge in [-0.25, -0.2) is 4.98 Å². The summed E-state index contributed by atoms with van der Waals surface area (Å²) < 4.78 is 1.94. The molecular weight excluding hydrogens is 340 g/mol. The van der Waals surface area contributed by atoms with Crippen molar-refractivity contribution in [2.24, 2.45) is 0 Å². The zero-order valence-corrected chi connectivity index (χ0v) is 15.1. The number of aryl methyl sites for hydroxylation is 1. The zero-order chi connectivity index (χ0) is 18.5. The van der Waals surface area contributed by atoms with Gasteiger partial charge in [0.25, 0.3) is 5.91 Å². The molecule has 1 aromatic heterocycles. The van der Waals surface area contributed by atoms with Crippen molar-refractivity contribution in [1.29, 1.82) is 0 Å². The van der Waals surface area contributed by atoms with Gasteiger partial charge < -0.3 is 5.32 Å². The lowest BCUT2D eigenvalue weighted by atomic mass is 10.1. The van der Waals surface area contributed by atoms with Crippen molar-refractivity contribution < 1.29 is 9.59 Å². The van der Waals surface area contributed by atoms with Gasteiger partial charge in [-0.05, 0) is 44.0 Å². The molecule has 0 radical (unpaired) electrons. The van der Waals surface area contributed by atoms with Crippen LogP contribution in [0, 0.1) is 6.92 Å². The fourth-order valence-corrected chi connectivity index (χ4v) is 3.76. The topological polar surface area (TPSA) is 67.2 Å². The van der Waals surface area contributed by atoms with E-state index >= 15 is 0 Å². The molecule has 1 N–H and O–H groups in total. The third-order valence-electron chi connectivity index (χ3n) is 5.25. The molecule has 2 aromatic carbocycles. The molecule has 0 spiro atoms. The highest BCUT2D eigenvalue weighted by atomic mass is 16.2. The Kier molecular flexibility index (Phi) is 3.53. The van der Waals surface area contributed by atoms with Crippen LogP contribution in [-0.2, 0) is 9.59 Å². The summed E-state index contributed by atoms with van der Waals surface area (Å²) >= 11 is 0. The average Bonchev–Trinajstić information content (AvgIpc) is 3.36. The second-order valence-corrected chi connectivity index (χ2v) is 7.34. The maximum atomic E-state index is 13.1. The molecule has 2 heterocycles. The van der Waals surface area contributed by atoms with E-state index in [9.17, 15) is 9.59 Å². The molecule has 2 amide bonds. The third-order valence-corrected chi connectivity index (χ3v) is 5.25. The zero-order valence-electron chi connectivity index (χ0n) is 15.1. The number of hydrogen-bond acceptors (Lipinski definition) is 3. The van der Waals surface area contributed by atoms with Gasteiger partial charge in [-0.2, -0.15) is 0 Å². The van der Waals surface area contributed by atoms with Crippen LogP contribution in [0.15, 0.2) is 48.5 Å². The largest absolute Gasteiger partial charge is 0.326 e. The number of amides is 2. The number of aromatic nitrogens is 2. The Morgan fingerprint density at radius 1 is 1.15 bits per heavy atom. The lowest BCUT2D eigenvalue weighted by molar-refractivity contribution is -0.124. The first-order valence-corrected chi connectivity index (χ1v) is 9.28. The molecule has 27 heavy (non-hydrogen) atoms. The average molecular weight is 360 g/mol. The second-order valence-electron chi connectivity index (χ2n) is 7.34. The van der Waals surface area contributed by atoms with Crippen LogP contribution < -0.4 is 10.2 Å². The fourth-order valence-electron chi connectivity index (χ4n) is 3.76. The minimum absolute atomic E-state index is 0.0233. The van der Waals surface area contributed by atoms with Crippen LogP contribution >= 0.6 is 0 Å². The van der Waals surface area contributed by atoms with Crippen molar-refractivity contribution in [3.8, 4) is 0 Å². The van der Waals surface area contributed by atoms with Crippen LogP contribution in [0.4, 0.5) is 11.6 Å². The van der Waals surface area contributed by atoms with Crippen LogP contribution in [0.25, 0.3) is 11.0 Å². The van der Waals surface area contributed by atoms with Gasteiger partial charge in [0.2, 0.25) is 11.9 Å². The molecule has 3 aromatic rings. The number of benzene rings is 2. The van der Waals surface area contributed by atoms with E-state index in [-0.39, 0.29) is 24.3 Å². The molecule has 1 unspecified atom stereocenters. The second kappa shape index (κ2) is 5.94. The molecular formula is C21H20N4O2. The van der Waals surface area contributed by atoms with Crippen molar-refractivity contribution in [3.05, 3.63) is 54.1 Å². The van der Waals surface area contributed by atoms with Gasteiger partial charge in [0.05, 0.1) is 17.5 Å². The molecule has 0 saturated heterocycles. The van der Waals surface area contributed by atoms with E-state index in [0.29, 0.717) is 5.95 Å². The van der Waals surface area contributed by atoms with E-state index in [1.54, 1.807) is 4.90 Å². The van der Waals surface area contributed by atoms with Gasteiger partial charge in [0.1, 0.15) is 6.04 Å². The molecule has 5 rings (SSSR count). The summed E-state index contributed by atoms with van der Waals surface area (Å²) in [4.78, 5) is 32.2. The van der Waals surface area contributed by atoms with Gasteiger partial charge in [-0.15, -0.1) is 0 Å². The maximum Gasteiger partial charge on any atom is 0.253 e. The van der Waals surface area contributed by atoms with Gasteiger partial charge in [-0.3, -0.25) is 19.1 Å². The minimum Gasteiger partial charge on any atom is -0.326 e. The normalized spacial score (nSPS) is 18.8. The Morgan fingerprint density at radius 2 is 1.89 bits per heavy atom. The summed E-state index contributed by atoms with van der Waals surface area (Å²) in [7, 11) is 0. The van der Waals surface area contributed by atoms with E-state index in [0.717, 1.165) is 35.1 Å². The maximum absolute atomic E-state index is 13.1. The number of para-hydroxylation sites is 2. The molecule has 1 saturated carbocycles. The molecule has 2 aliphatic rings. The van der Waals surface area contributed by atoms with Crippen molar-refractivity contribution in [1.82, 2.24) is 9.55 Å². The molecule has 6 heteroatoms. The summed E-state index contributed by atoms with van der Waals surface area (Å²) in [5.41, 5.74) is 3.63. The molecule has 0 bridgehead atoms. The highest BCUT2D eigenvalue weighted by Crippen LogP contribution is 2.42. The number of nitrogens with zero attached hydrogens (tertiary/aromatic N) is 3. The summed E-state index contributed by atoms with van der Waals surface area (Å²) in [6.45, 7) is 2.00. The molecule has 1 atom stereocenters. The Morgan fingerprint density at radius 3 is 2.63 bits per heavy atom. The predicted molar refractivity (Wildman–Crippen MR) is 104 cm³/mol. The van der Waals surface area contributed by atoms with Gasteiger partial charge in [0, 0.05) is 11.7 Å². The highest BCUT2D eigenvalue weighted by Gasteiger charge is 2.47. The van der Waals surface area contributed by atoms with Crippen LogP contribution in [0.2, 0.25) is 0 Å². The summed E-state index contributed by atoms with van der Waals surface area (Å²) in [5.74, 6) is 0.486. The first-order chi connectivity index (χ1) is 13.1. The monoisotopic (exact) mass is 360 g/mol. The number of nitrogens with one attached hydrogen (secondary N) is 1. The van der Waals surface area contributed by atoms with E-state index in [1.807, 2.05) is 60.0 Å². The third kappa shape index (κ3) is 2.68. The summed E-state index contributed by atoms with van der Waals surface area (Å²) in [5, 5.41) is 2.90. The SMILES string of the molecule is Cc1ccc(NC(=O)CC2C(=O)N(C3CC3)c3nc4ccccc4n32)cc1. The van der Waals surface area contributed by atoms with Crippen LogP contribution in [0.1, 0.15) is 30.9 Å². The first-order valence-electron chi connectivity index (χ1n) is 9.28. The van der Waals surface area contributed by atoms with Crippen molar-refractivity contribution in [2.45, 2.75) is 38.3 Å². The van der Waals surface area contributed by atoms with Crippen molar-refractivity contribution in [2.75, 3.05) is 10.2 Å². The lowest BCUT2D eigenvalue weighted by Crippen LogP contribution is -2.33. The summed E-state index contributed by atoms with van der Waals surface area (Å²) in [6.07, 6.45) is 2.09. The Hall–Kier alpha value is -3.15. The van der Waals surface area contributed by atoms with Gasteiger partial charge in [0.15, 0.2) is 0 Å². The van der Waals surface area contributed by atoms with E-state index in [2.05, 4.69) is 10.3 Å². The van der Waals surface area contributed by atoms with Crippen LogP contribution in [-0.4, -0.2) is 27.4 Å². The molecule has 136 valence electrons. The van der Waals surface area contributed by atoms with E-state index < -0.39 is 6.04 Å². The quantitative estimate of drug-likeness (QED) is 0.775. The lowest BCUT2D eigenvalue weighted by Gasteiger charge is -2.15. The van der Waals surface area contributed by atoms with E-state index in [4.69, 9.17) is 0 Å². The smallest absolute Gasteiger partial charge is 0.253 e. The van der Waals surface area contributed by atoms with Gasteiger partial charge >= 0.3 is 0 Å². The number of anilines is 2. The van der Waals surface area contributed by atoms with E-state index in [1.165, 1.54) is 0 Å². The Balaban J connectivity index is 1.46. The number of carbonyl (C=O) groups is 2. The minimum atomic E-state index is -0.543. The van der Waals surface area contributed by atoms with Crippen LogP contribution in [0.5, 0.6) is 0 Å². The Bertz CT molecular complexity index is 1050. The molecule has 1 fully saturated rings. The fraction of sp³-hybridized carbons (Fsp3) is 0.286. The number of hydrogen-bond donors (Lipinski definition) is 1. The molecule has 1 aliphatic carbocycles. The van der Waals surface area contributed by atoms with Gasteiger partial charge in [-0.1, -0.05) is 29.8 Å². The number of imidazole rings is 1. The first kappa shape index (κ1) is 16.1.